The minimum absolute atomic E-state index is 0.0408. The van der Waals surface area contributed by atoms with Crippen molar-refractivity contribution in [3.63, 3.8) is 0 Å². The summed E-state index contributed by atoms with van der Waals surface area (Å²) in [4.78, 5) is 31.9. The van der Waals surface area contributed by atoms with E-state index >= 15 is 0 Å². The highest BCUT2D eigenvalue weighted by atomic mass is 16.5. The van der Waals surface area contributed by atoms with Gasteiger partial charge in [0.25, 0.3) is 5.91 Å². The number of pyridine rings is 1. The lowest BCUT2D eigenvalue weighted by Gasteiger charge is -2.54. The maximum Gasteiger partial charge on any atom is 0.314 e. The Bertz CT molecular complexity index is 885. The summed E-state index contributed by atoms with van der Waals surface area (Å²) < 4.78 is 6.93. The third kappa shape index (κ3) is 2.12. The maximum atomic E-state index is 13.2. The number of methoxy groups -OCH3 is 1. The van der Waals surface area contributed by atoms with E-state index in [-0.39, 0.29) is 23.2 Å². The Morgan fingerprint density at radius 1 is 1.36 bits per heavy atom. The first kappa shape index (κ1) is 16.1. The number of rotatable bonds is 2. The largest absolute Gasteiger partial charge is 0.469 e. The van der Waals surface area contributed by atoms with Crippen LogP contribution in [0.1, 0.15) is 36.3 Å². The molecule has 2 atom stereocenters. The second kappa shape index (κ2) is 5.07. The van der Waals surface area contributed by atoms with Crippen LogP contribution in [-0.4, -0.2) is 46.4 Å². The Hall–Kier alpha value is -2.37. The Morgan fingerprint density at radius 3 is 2.80 bits per heavy atom. The maximum absolute atomic E-state index is 13.2. The van der Waals surface area contributed by atoms with Crippen LogP contribution >= 0.6 is 0 Å². The summed E-state index contributed by atoms with van der Waals surface area (Å²) in [7, 11) is 1.43. The van der Waals surface area contributed by atoms with Crippen molar-refractivity contribution in [1.29, 1.82) is 0 Å². The van der Waals surface area contributed by atoms with Gasteiger partial charge in [0.15, 0.2) is 0 Å². The molecule has 0 bridgehead atoms. The predicted molar refractivity (Wildman–Crippen MR) is 92.2 cm³/mol. The second-order valence-corrected chi connectivity index (χ2v) is 8.09. The molecule has 0 unspecified atom stereocenters. The molecule has 1 saturated carbocycles. The lowest BCUT2D eigenvalue weighted by molar-refractivity contribution is -0.174. The number of esters is 1. The first-order valence-electron chi connectivity index (χ1n) is 8.60. The molecule has 1 aliphatic carbocycles. The molecule has 1 saturated heterocycles. The number of likely N-dealkylation sites (tertiary alicyclic amines) is 1. The molecule has 6 heteroatoms. The molecule has 1 aliphatic heterocycles. The van der Waals surface area contributed by atoms with Crippen LogP contribution in [0.3, 0.4) is 0 Å². The summed E-state index contributed by atoms with van der Waals surface area (Å²) in [6.07, 6.45) is 4.55. The van der Waals surface area contributed by atoms with Crippen LogP contribution < -0.4 is 0 Å². The van der Waals surface area contributed by atoms with Gasteiger partial charge in [0.1, 0.15) is 5.65 Å². The molecule has 0 radical (unpaired) electrons. The summed E-state index contributed by atoms with van der Waals surface area (Å²) in [6, 6.07) is 3.66. The van der Waals surface area contributed by atoms with Gasteiger partial charge in [-0.2, -0.15) is 0 Å². The molecule has 2 aromatic heterocycles. The molecule has 6 nitrogen and oxygen atoms in total. The number of imidazole rings is 1. The fourth-order valence-electron chi connectivity index (χ4n) is 5.00. The van der Waals surface area contributed by atoms with Crippen molar-refractivity contribution in [3.05, 3.63) is 35.8 Å². The van der Waals surface area contributed by atoms with Gasteiger partial charge >= 0.3 is 5.97 Å². The summed E-state index contributed by atoms with van der Waals surface area (Å²) in [5, 5.41) is 0. The lowest BCUT2D eigenvalue weighted by atomic mass is 9.48. The first-order chi connectivity index (χ1) is 11.8. The molecular formula is C19H23N3O3. The highest BCUT2D eigenvalue weighted by Crippen LogP contribution is 2.63. The van der Waals surface area contributed by atoms with E-state index in [1.807, 2.05) is 29.8 Å². The van der Waals surface area contributed by atoms with Crippen LogP contribution in [0.2, 0.25) is 0 Å². The van der Waals surface area contributed by atoms with Crippen molar-refractivity contribution in [2.24, 2.45) is 16.7 Å². The van der Waals surface area contributed by atoms with Crippen LogP contribution in [0.25, 0.3) is 5.65 Å². The SMILES string of the molecule is COC(=O)[C@@]12CN(C(=O)c3cccn4cc(C)nc34)C[C@@H]1C(C)(C)C2. The zero-order valence-electron chi connectivity index (χ0n) is 15.1. The zero-order valence-corrected chi connectivity index (χ0v) is 15.1. The van der Waals surface area contributed by atoms with E-state index in [2.05, 4.69) is 18.8 Å². The van der Waals surface area contributed by atoms with Crippen molar-refractivity contribution in [3.8, 4) is 0 Å². The van der Waals surface area contributed by atoms with E-state index in [0.29, 0.717) is 24.3 Å². The standard InChI is InChI=1S/C19H23N3O3/c1-12-8-21-7-5-6-13(15(21)20-12)16(23)22-9-14-18(2,3)10-19(14,11-22)17(24)25-4/h5-8,14H,9-11H2,1-4H3/t14-,19+/m1/s1. The van der Waals surface area contributed by atoms with Gasteiger partial charge < -0.3 is 14.0 Å². The van der Waals surface area contributed by atoms with Gasteiger partial charge in [-0.05, 0) is 36.8 Å². The number of carbonyl (C=O) groups excluding carboxylic acids is 2. The summed E-state index contributed by atoms with van der Waals surface area (Å²) >= 11 is 0. The summed E-state index contributed by atoms with van der Waals surface area (Å²) in [5.74, 6) is -0.121. The topological polar surface area (TPSA) is 63.9 Å². The number of hydrogen-bond acceptors (Lipinski definition) is 4. The van der Waals surface area contributed by atoms with E-state index in [1.54, 1.807) is 11.0 Å². The number of hydrogen-bond donors (Lipinski definition) is 0. The van der Waals surface area contributed by atoms with Gasteiger partial charge in [0, 0.05) is 25.5 Å². The van der Waals surface area contributed by atoms with E-state index < -0.39 is 5.41 Å². The Morgan fingerprint density at radius 2 is 2.12 bits per heavy atom. The number of aryl methyl sites for hydroxylation is 1. The number of aromatic nitrogens is 2. The first-order valence-corrected chi connectivity index (χ1v) is 8.60. The van der Waals surface area contributed by atoms with Crippen molar-refractivity contribution < 1.29 is 14.3 Å². The zero-order chi connectivity index (χ0) is 18.0. The van der Waals surface area contributed by atoms with Crippen molar-refractivity contribution in [1.82, 2.24) is 14.3 Å². The van der Waals surface area contributed by atoms with Gasteiger partial charge in [-0.1, -0.05) is 13.8 Å². The van der Waals surface area contributed by atoms with Crippen LogP contribution in [0.4, 0.5) is 0 Å². The van der Waals surface area contributed by atoms with E-state index in [0.717, 1.165) is 12.1 Å². The van der Waals surface area contributed by atoms with E-state index in [1.165, 1.54) is 7.11 Å². The second-order valence-electron chi connectivity index (χ2n) is 8.09. The van der Waals surface area contributed by atoms with Crippen molar-refractivity contribution in [2.45, 2.75) is 27.2 Å². The van der Waals surface area contributed by atoms with Crippen molar-refractivity contribution in [2.75, 3.05) is 20.2 Å². The quantitative estimate of drug-likeness (QED) is 0.786. The fraction of sp³-hybridized carbons (Fsp3) is 0.526. The molecule has 2 fully saturated rings. The third-order valence-corrected chi connectivity index (χ3v) is 5.97. The van der Waals surface area contributed by atoms with Gasteiger partial charge in [-0.15, -0.1) is 0 Å². The number of amides is 1. The highest BCUT2D eigenvalue weighted by molar-refractivity contribution is 6.00. The number of nitrogens with zero attached hydrogens (tertiary/aromatic N) is 3. The van der Waals surface area contributed by atoms with Gasteiger partial charge in [0.05, 0.1) is 23.8 Å². The molecule has 1 amide bonds. The number of carbonyl (C=O) groups is 2. The Labute approximate surface area is 146 Å². The minimum atomic E-state index is -0.551. The average molecular weight is 341 g/mol. The van der Waals surface area contributed by atoms with E-state index in [4.69, 9.17) is 4.74 Å². The fourth-order valence-corrected chi connectivity index (χ4v) is 5.00. The summed E-state index contributed by atoms with van der Waals surface area (Å²) in [6.45, 7) is 7.23. The molecule has 132 valence electrons. The van der Waals surface area contributed by atoms with Gasteiger partial charge in [0.2, 0.25) is 0 Å². The Balaban J connectivity index is 1.69. The normalized spacial score (nSPS) is 27.0. The summed E-state index contributed by atoms with van der Waals surface area (Å²) in [5.41, 5.74) is 1.60. The van der Waals surface area contributed by atoms with Crippen molar-refractivity contribution >= 4 is 17.5 Å². The number of ether oxygens (including phenoxy) is 1. The molecule has 2 aliphatic rings. The molecule has 0 N–H and O–H groups in total. The van der Waals surface area contributed by atoms with Crippen LogP contribution in [0.5, 0.6) is 0 Å². The lowest BCUT2D eigenvalue weighted by Crippen LogP contribution is -2.57. The molecule has 0 spiro atoms. The van der Waals surface area contributed by atoms with E-state index in [9.17, 15) is 9.59 Å². The minimum Gasteiger partial charge on any atom is -0.469 e. The van der Waals surface area contributed by atoms with Gasteiger partial charge in [-0.3, -0.25) is 9.59 Å². The molecule has 3 heterocycles. The smallest absolute Gasteiger partial charge is 0.314 e. The molecule has 0 aromatic carbocycles. The highest BCUT2D eigenvalue weighted by Gasteiger charge is 2.68. The molecule has 25 heavy (non-hydrogen) atoms. The van der Waals surface area contributed by atoms with Gasteiger partial charge in [-0.25, -0.2) is 4.98 Å². The molecular weight excluding hydrogens is 318 g/mol. The molecule has 2 aromatic rings. The van der Waals surface area contributed by atoms with Crippen LogP contribution in [0, 0.1) is 23.7 Å². The monoisotopic (exact) mass is 341 g/mol. The third-order valence-electron chi connectivity index (χ3n) is 5.97. The van der Waals surface area contributed by atoms with Crippen LogP contribution in [0.15, 0.2) is 24.5 Å². The number of fused-ring (bicyclic) bond motifs is 2. The predicted octanol–water partition coefficient (Wildman–Crippen LogP) is 2.30. The van der Waals surface area contributed by atoms with Crippen LogP contribution in [-0.2, 0) is 9.53 Å². The molecule has 4 rings (SSSR count). The average Bonchev–Trinajstić information content (AvgIpc) is 3.11. The Kier molecular flexibility index (Phi) is 3.27.